The van der Waals surface area contributed by atoms with E-state index < -0.39 is 0 Å². The normalized spacial score (nSPS) is 24.7. The number of hydrogen-bond acceptors (Lipinski definition) is 3. The van der Waals surface area contributed by atoms with Crippen molar-refractivity contribution in [3.8, 4) is 0 Å². The van der Waals surface area contributed by atoms with Gasteiger partial charge in [-0.15, -0.1) is 0 Å². The number of nitrogens with zero attached hydrogens (tertiary/aromatic N) is 2. The molecule has 1 aliphatic carbocycles. The van der Waals surface area contributed by atoms with Gasteiger partial charge in [0.2, 0.25) is 0 Å². The zero-order valence-corrected chi connectivity index (χ0v) is 19.1. The molecule has 2 atom stereocenters. The molecule has 1 aliphatic heterocycles. The number of hydrogen-bond donors (Lipinski definition) is 3. The fraction of sp³-hybridized carbons (Fsp3) is 0.720. The monoisotopic (exact) mass is 414 g/mol. The number of rotatable bonds is 9. The Morgan fingerprint density at radius 3 is 2.63 bits per heavy atom. The Bertz CT molecular complexity index is 636. The van der Waals surface area contributed by atoms with Crippen molar-refractivity contribution >= 4 is 5.96 Å². The number of guanidine groups is 1. The number of likely N-dealkylation sites (tertiary alicyclic amines) is 1. The van der Waals surface area contributed by atoms with Gasteiger partial charge < -0.3 is 15.7 Å². The lowest BCUT2D eigenvalue weighted by Gasteiger charge is -2.35. The van der Waals surface area contributed by atoms with Crippen molar-refractivity contribution in [2.45, 2.75) is 71.4 Å². The molecule has 0 amide bonds. The first-order chi connectivity index (χ1) is 14.6. The van der Waals surface area contributed by atoms with Crippen LogP contribution in [0.4, 0.5) is 0 Å². The lowest BCUT2D eigenvalue weighted by atomic mass is 9.72. The third kappa shape index (κ3) is 6.71. The number of aliphatic imine (C=N–C) groups is 1. The molecule has 0 aromatic heterocycles. The molecule has 1 saturated heterocycles. The summed E-state index contributed by atoms with van der Waals surface area (Å²) in [5, 5.41) is 16.6. The van der Waals surface area contributed by atoms with Gasteiger partial charge in [-0.2, -0.15) is 0 Å². The molecule has 0 spiro atoms. The predicted octanol–water partition coefficient (Wildman–Crippen LogP) is 3.79. The predicted molar refractivity (Wildman–Crippen MR) is 126 cm³/mol. The standard InChI is InChI=1S/C25H42N4O/c1-3-26-24(28-20-25(14-15-30)12-8-5-9-13-25)27-17-23-16-21(2)29(19-23)18-22-10-6-4-7-11-22/h4,6-7,10-11,21,23,30H,3,5,8-9,12-20H2,1-2H3,(H2,26,27,28). The van der Waals surface area contributed by atoms with E-state index in [4.69, 9.17) is 4.99 Å². The minimum Gasteiger partial charge on any atom is -0.396 e. The summed E-state index contributed by atoms with van der Waals surface area (Å²) in [6.07, 6.45) is 8.39. The van der Waals surface area contributed by atoms with Gasteiger partial charge in [-0.05, 0) is 56.4 Å². The fourth-order valence-corrected chi connectivity index (χ4v) is 5.26. The average molecular weight is 415 g/mol. The van der Waals surface area contributed by atoms with Gasteiger partial charge in [0.25, 0.3) is 0 Å². The third-order valence-corrected chi connectivity index (χ3v) is 7.05. The largest absolute Gasteiger partial charge is 0.396 e. The van der Waals surface area contributed by atoms with Crippen LogP contribution in [-0.4, -0.2) is 54.8 Å². The molecule has 1 saturated carbocycles. The van der Waals surface area contributed by atoms with E-state index in [1.54, 1.807) is 0 Å². The van der Waals surface area contributed by atoms with E-state index in [2.05, 4.69) is 59.7 Å². The number of benzene rings is 1. The third-order valence-electron chi connectivity index (χ3n) is 7.05. The van der Waals surface area contributed by atoms with Crippen LogP contribution in [-0.2, 0) is 6.54 Å². The second kappa shape index (κ2) is 11.7. The summed E-state index contributed by atoms with van der Waals surface area (Å²) < 4.78 is 0. The maximum absolute atomic E-state index is 9.57. The zero-order valence-electron chi connectivity index (χ0n) is 19.1. The molecule has 3 rings (SSSR count). The van der Waals surface area contributed by atoms with Crippen LogP contribution < -0.4 is 10.6 Å². The first kappa shape index (κ1) is 23.1. The van der Waals surface area contributed by atoms with Crippen LogP contribution in [0.15, 0.2) is 35.3 Å². The molecule has 3 N–H and O–H groups in total. The molecule has 0 radical (unpaired) electrons. The number of nitrogens with one attached hydrogen (secondary N) is 2. The van der Waals surface area contributed by atoms with Crippen molar-refractivity contribution < 1.29 is 5.11 Å². The molecule has 0 bridgehead atoms. The number of aliphatic hydroxyl groups is 1. The van der Waals surface area contributed by atoms with Crippen LogP contribution in [0.2, 0.25) is 0 Å². The van der Waals surface area contributed by atoms with E-state index in [0.29, 0.717) is 12.0 Å². The van der Waals surface area contributed by atoms with E-state index in [-0.39, 0.29) is 12.0 Å². The van der Waals surface area contributed by atoms with Crippen molar-refractivity contribution in [3.63, 3.8) is 0 Å². The van der Waals surface area contributed by atoms with E-state index >= 15 is 0 Å². The quantitative estimate of drug-likeness (QED) is 0.425. The Hall–Kier alpha value is -1.59. The molecular formula is C25H42N4O. The Balaban J connectivity index is 1.52. The highest BCUT2D eigenvalue weighted by Crippen LogP contribution is 2.39. The topological polar surface area (TPSA) is 59.9 Å². The van der Waals surface area contributed by atoms with E-state index in [1.807, 2.05) is 0 Å². The van der Waals surface area contributed by atoms with Crippen molar-refractivity contribution in [1.82, 2.24) is 15.5 Å². The smallest absolute Gasteiger partial charge is 0.191 e. The van der Waals surface area contributed by atoms with E-state index in [1.165, 1.54) is 44.1 Å². The summed E-state index contributed by atoms with van der Waals surface area (Å²) in [6.45, 7) is 9.59. The van der Waals surface area contributed by atoms with Gasteiger partial charge in [0.05, 0.1) is 0 Å². The number of aliphatic hydroxyl groups excluding tert-OH is 1. The molecule has 30 heavy (non-hydrogen) atoms. The summed E-state index contributed by atoms with van der Waals surface area (Å²) in [5.41, 5.74) is 1.60. The van der Waals surface area contributed by atoms with Gasteiger partial charge in [0.1, 0.15) is 0 Å². The van der Waals surface area contributed by atoms with Crippen molar-refractivity contribution in [3.05, 3.63) is 35.9 Å². The second-order valence-corrected chi connectivity index (χ2v) is 9.48. The summed E-state index contributed by atoms with van der Waals surface area (Å²) >= 11 is 0. The molecule has 1 aromatic rings. The molecule has 168 valence electrons. The van der Waals surface area contributed by atoms with Crippen molar-refractivity contribution in [2.75, 3.05) is 32.8 Å². The highest BCUT2D eigenvalue weighted by Gasteiger charge is 2.32. The SMILES string of the molecule is CCNC(=NCC1(CCO)CCCCC1)NCC1CC(C)N(Cc2ccccc2)C1. The molecule has 2 unspecified atom stereocenters. The van der Waals surface area contributed by atoms with Gasteiger partial charge in [-0.1, -0.05) is 49.6 Å². The Kier molecular flexibility index (Phi) is 9.01. The van der Waals surface area contributed by atoms with Crippen LogP contribution in [0.3, 0.4) is 0 Å². The van der Waals surface area contributed by atoms with Gasteiger partial charge in [0.15, 0.2) is 5.96 Å². The summed E-state index contributed by atoms with van der Waals surface area (Å²) in [6, 6.07) is 11.4. The molecule has 1 heterocycles. The maximum Gasteiger partial charge on any atom is 0.191 e. The molecule has 5 nitrogen and oxygen atoms in total. The van der Waals surface area contributed by atoms with Crippen LogP contribution in [0.25, 0.3) is 0 Å². The van der Waals surface area contributed by atoms with Crippen molar-refractivity contribution in [1.29, 1.82) is 0 Å². The van der Waals surface area contributed by atoms with Crippen molar-refractivity contribution in [2.24, 2.45) is 16.3 Å². The zero-order chi connectivity index (χ0) is 21.2. The first-order valence-corrected chi connectivity index (χ1v) is 12.0. The maximum atomic E-state index is 9.57. The lowest BCUT2D eigenvalue weighted by Crippen LogP contribution is -2.41. The van der Waals surface area contributed by atoms with Gasteiger partial charge in [-0.25, -0.2) is 0 Å². The van der Waals surface area contributed by atoms with Gasteiger partial charge in [-0.3, -0.25) is 9.89 Å². The fourth-order valence-electron chi connectivity index (χ4n) is 5.26. The molecule has 1 aromatic carbocycles. The molecule has 5 heteroatoms. The first-order valence-electron chi connectivity index (χ1n) is 12.0. The van der Waals surface area contributed by atoms with Crippen LogP contribution in [0, 0.1) is 11.3 Å². The Labute approximate surface area is 183 Å². The lowest BCUT2D eigenvalue weighted by molar-refractivity contribution is 0.137. The van der Waals surface area contributed by atoms with Gasteiger partial charge in [0, 0.05) is 45.4 Å². The Morgan fingerprint density at radius 2 is 1.93 bits per heavy atom. The van der Waals surface area contributed by atoms with Crippen LogP contribution in [0.5, 0.6) is 0 Å². The minimum atomic E-state index is 0.198. The molecule has 2 aliphatic rings. The summed E-state index contributed by atoms with van der Waals surface area (Å²) in [7, 11) is 0. The van der Waals surface area contributed by atoms with E-state index in [0.717, 1.165) is 45.1 Å². The minimum absolute atomic E-state index is 0.198. The summed E-state index contributed by atoms with van der Waals surface area (Å²) in [5.74, 6) is 1.59. The second-order valence-electron chi connectivity index (χ2n) is 9.48. The molecule has 2 fully saturated rings. The van der Waals surface area contributed by atoms with Crippen LogP contribution in [0.1, 0.15) is 64.4 Å². The average Bonchev–Trinajstić information content (AvgIpc) is 3.11. The van der Waals surface area contributed by atoms with Gasteiger partial charge >= 0.3 is 0 Å². The molecular weight excluding hydrogens is 372 g/mol. The van der Waals surface area contributed by atoms with E-state index in [9.17, 15) is 5.11 Å². The highest BCUT2D eigenvalue weighted by atomic mass is 16.3. The van der Waals surface area contributed by atoms with Crippen LogP contribution >= 0.6 is 0 Å². The summed E-state index contributed by atoms with van der Waals surface area (Å²) in [4.78, 5) is 7.57. The highest BCUT2D eigenvalue weighted by molar-refractivity contribution is 5.79. The Morgan fingerprint density at radius 1 is 1.17 bits per heavy atom.